The molecule has 0 N–H and O–H groups in total. The van der Waals surface area contributed by atoms with Crippen molar-refractivity contribution in [2.75, 3.05) is 11.9 Å². The first-order valence-corrected chi connectivity index (χ1v) is 5.75. The van der Waals surface area contributed by atoms with Crippen molar-refractivity contribution in [1.29, 1.82) is 0 Å². The van der Waals surface area contributed by atoms with Crippen LogP contribution in [-0.4, -0.2) is 24.0 Å². The Balaban J connectivity index is 2.37. The van der Waals surface area contributed by atoms with E-state index in [9.17, 15) is 4.79 Å². The quantitative estimate of drug-likeness (QED) is 0.610. The van der Waals surface area contributed by atoms with Gasteiger partial charge >= 0.3 is 5.97 Å². The summed E-state index contributed by atoms with van der Waals surface area (Å²) in [4.78, 5) is 10.7. The molecular weight excluding hydrogens is 260 g/mol. The summed E-state index contributed by atoms with van der Waals surface area (Å²) in [7, 11) is 0. The summed E-state index contributed by atoms with van der Waals surface area (Å²) >= 11 is 3.26. The van der Waals surface area contributed by atoms with Crippen LogP contribution in [0.15, 0.2) is 30.3 Å². The van der Waals surface area contributed by atoms with E-state index in [0.29, 0.717) is 11.9 Å². The van der Waals surface area contributed by atoms with Crippen LogP contribution in [0.4, 0.5) is 0 Å². The molecule has 0 amide bonds. The summed E-state index contributed by atoms with van der Waals surface area (Å²) in [6.07, 6.45) is -0.247. The predicted octanol–water partition coefficient (Wildman–Crippen LogP) is 2.39. The topological polar surface area (TPSA) is 35.5 Å². The highest BCUT2D eigenvalue weighted by atomic mass is 79.9. The molecule has 0 bridgehead atoms. The molecule has 15 heavy (non-hydrogen) atoms. The highest BCUT2D eigenvalue weighted by Crippen LogP contribution is 2.10. The number of carbonyl (C=O) groups excluding carboxylic acids is 1. The van der Waals surface area contributed by atoms with Crippen molar-refractivity contribution in [2.24, 2.45) is 0 Å². The third-order valence-corrected chi connectivity index (χ3v) is 2.41. The number of esters is 1. The van der Waals surface area contributed by atoms with E-state index >= 15 is 0 Å². The molecule has 0 unspecified atom stereocenters. The first-order valence-electron chi connectivity index (χ1n) is 4.63. The van der Waals surface area contributed by atoms with Crippen LogP contribution in [0.2, 0.25) is 0 Å². The second kappa shape index (κ2) is 6.45. The van der Waals surface area contributed by atoms with Crippen molar-refractivity contribution in [1.82, 2.24) is 0 Å². The molecule has 4 heteroatoms. The van der Waals surface area contributed by atoms with E-state index < -0.39 is 0 Å². The van der Waals surface area contributed by atoms with Crippen molar-refractivity contribution in [3.63, 3.8) is 0 Å². The number of halogens is 1. The summed E-state index contributed by atoms with van der Waals surface area (Å²) in [6.45, 7) is 1.74. The molecule has 1 aromatic rings. The first-order chi connectivity index (χ1) is 7.22. The van der Waals surface area contributed by atoms with Crippen molar-refractivity contribution in [2.45, 2.75) is 13.0 Å². The molecular formula is C11H13BrO3. The molecule has 0 saturated carbocycles. The van der Waals surface area contributed by atoms with Crippen molar-refractivity contribution in [3.05, 3.63) is 30.3 Å². The summed E-state index contributed by atoms with van der Waals surface area (Å²) in [5.74, 6) is 0.478. The Morgan fingerprint density at radius 1 is 1.40 bits per heavy atom. The molecule has 0 aromatic heterocycles. The van der Waals surface area contributed by atoms with Gasteiger partial charge in [-0.2, -0.15) is 0 Å². The molecule has 1 aromatic carbocycles. The zero-order chi connectivity index (χ0) is 11.1. The highest BCUT2D eigenvalue weighted by molar-refractivity contribution is 9.09. The Morgan fingerprint density at radius 3 is 2.60 bits per heavy atom. The lowest BCUT2D eigenvalue weighted by atomic mass is 10.3. The van der Waals surface area contributed by atoms with Gasteiger partial charge < -0.3 is 9.47 Å². The smallest absolute Gasteiger partial charge is 0.303 e. The molecule has 0 radical (unpaired) electrons. The zero-order valence-electron chi connectivity index (χ0n) is 8.48. The minimum atomic E-state index is -0.295. The highest BCUT2D eigenvalue weighted by Gasteiger charge is 2.10. The summed E-state index contributed by atoms with van der Waals surface area (Å²) < 4.78 is 10.5. The van der Waals surface area contributed by atoms with Gasteiger partial charge in [0.25, 0.3) is 0 Å². The van der Waals surface area contributed by atoms with Gasteiger partial charge in [0.2, 0.25) is 0 Å². The average molecular weight is 273 g/mol. The van der Waals surface area contributed by atoms with E-state index in [4.69, 9.17) is 9.47 Å². The maximum absolute atomic E-state index is 10.7. The van der Waals surface area contributed by atoms with Crippen LogP contribution >= 0.6 is 15.9 Å². The molecule has 3 nitrogen and oxygen atoms in total. The first kappa shape index (κ1) is 12.0. The van der Waals surface area contributed by atoms with Gasteiger partial charge in [-0.25, -0.2) is 0 Å². The van der Waals surface area contributed by atoms with Crippen LogP contribution in [-0.2, 0) is 9.53 Å². The van der Waals surface area contributed by atoms with E-state index in [1.807, 2.05) is 30.3 Å². The fraction of sp³-hybridized carbons (Fsp3) is 0.364. The maximum atomic E-state index is 10.7. The third kappa shape index (κ3) is 4.83. The maximum Gasteiger partial charge on any atom is 0.303 e. The van der Waals surface area contributed by atoms with Crippen LogP contribution in [0, 0.1) is 0 Å². The number of rotatable bonds is 5. The molecule has 0 spiro atoms. The van der Waals surface area contributed by atoms with E-state index in [-0.39, 0.29) is 12.1 Å². The van der Waals surface area contributed by atoms with Gasteiger partial charge in [-0.1, -0.05) is 34.1 Å². The summed E-state index contributed by atoms with van der Waals surface area (Å²) in [5, 5.41) is 0.569. The lowest BCUT2D eigenvalue weighted by molar-refractivity contribution is -0.146. The second-order valence-corrected chi connectivity index (χ2v) is 3.66. The Bertz CT molecular complexity index is 300. The molecule has 1 atom stereocenters. The summed E-state index contributed by atoms with van der Waals surface area (Å²) in [5.41, 5.74) is 0. The lowest BCUT2D eigenvalue weighted by Crippen LogP contribution is -2.25. The molecule has 0 saturated heterocycles. The predicted molar refractivity (Wildman–Crippen MR) is 61.3 cm³/mol. The van der Waals surface area contributed by atoms with Crippen LogP contribution < -0.4 is 4.74 Å². The number of hydrogen-bond acceptors (Lipinski definition) is 3. The van der Waals surface area contributed by atoms with Gasteiger partial charge in [-0.3, -0.25) is 4.79 Å². The molecule has 0 aliphatic rings. The second-order valence-electron chi connectivity index (χ2n) is 3.01. The lowest BCUT2D eigenvalue weighted by Gasteiger charge is -2.15. The van der Waals surface area contributed by atoms with Gasteiger partial charge in [-0.15, -0.1) is 0 Å². The molecule has 0 aliphatic carbocycles. The van der Waals surface area contributed by atoms with Crippen LogP contribution in [0.1, 0.15) is 6.92 Å². The van der Waals surface area contributed by atoms with Crippen LogP contribution in [0.25, 0.3) is 0 Å². The van der Waals surface area contributed by atoms with Gasteiger partial charge in [0.05, 0.1) is 0 Å². The van der Waals surface area contributed by atoms with E-state index in [1.165, 1.54) is 6.92 Å². The van der Waals surface area contributed by atoms with E-state index in [0.717, 1.165) is 5.75 Å². The van der Waals surface area contributed by atoms with Gasteiger partial charge in [0, 0.05) is 12.3 Å². The van der Waals surface area contributed by atoms with Gasteiger partial charge in [-0.05, 0) is 12.1 Å². The molecule has 82 valence electrons. The van der Waals surface area contributed by atoms with E-state index in [2.05, 4.69) is 15.9 Å². The Labute approximate surface area is 97.5 Å². The van der Waals surface area contributed by atoms with E-state index in [1.54, 1.807) is 0 Å². The fourth-order valence-corrected chi connectivity index (χ4v) is 1.37. The SMILES string of the molecule is CC(=O)O[C@H](CBr)COc1ccccc1. The van der Waals surface area contributed by atoms with Crippen LogP contribution in [0.3, 0.4) is 0 Å². The van der Waals surface area contributed by atoms with Crippen molar-refractivity contribution >= 4 is 21.9 Å². The fourth-order valence-electron chi connectivity index (χ4n) is 1.05. The molecule has 0 heterocycles. The van der Waals surface area contributed by atoms with Crippen molar-refractivity contribution < 1.29 is 14.3 Å². The molecule has 0 fully saturated rings. The normalized spacial score (nSPS) is 11.9. The zero-order valence-corrected chi connectivity index (χ0v) is 10.1. The molecule has 0 aliphatic heterocycles. The Hall–Kier alpha value is -1.03. The number of ether oxygens (including phenoxy) is 2. The average Bonchev–Trinajstić information content (AvgIpc) is 2.25. The Kier molecular flexibility index (Phi) is 5.18. The van der Waals surface area contributed by atoms with Gasteiger partial charge in [0.15, 0.2) is 0 Å². The summed E-state index contributed by atoms with van der Waals surface area (Å²) in [6, 6.07) is 9.42. The monoisotopic (exact) mass is 272 g/mol. The largest absolute Gasteiger partial charge is 0.490 e. The van der Waals surface area contributed by atoms with Crippen molar-refractivity contribution in [3.8, 4) is 5.75 Å². The number of hydrogen-bond donors (Lipinski definition) is 0. The molecule has 1 rings (SSSR count). The standard InChI is InChI=1S/C11H13BrO3/c1-9(13)15-11(7-12)8-14-10-5-3-2-4-6-10/h2-6,11H,7-8H2,1H3/t11-/m1/s1. The number of benzene rings is 1. The number of para-hydroxylation sites is 1. The minimum Gasteiger partial charge on any atom is -0.490 e. The Morgan fingerprint density at radius 2 is 2.07 bits per heavy atom. The van der Waals surface area contributed by atoms with Crippen LogP contribution in [0.5, 0.6) is 5.75 Å². The minimum absolute atomic E-state index is 0.247. The number of alkyl halides is 1. The van der Waals surface area contributed by atoms with Gasteiger partial charge in [0.1, 0.15) is 18.5 Å². The third-order valence-electron chi connectivity index (χ3n) is 1.68. The number of carbonyl (C=O) groups is 1.